The normalized spacial score (nSPS) is 18.7. The van der Waals surface area contributed by atoms with Crippen LogP contribution < -0.4 is 10.2 Å². The summed E-state index contributed by atoms with van der Waals surface area (Å²) >= 11 is 1.59. The van der Waals surface area contributed by atoms with Gasteiger partial charge in [0.25, 0.3) is 0 Å². The molecule has 0 radical (unpaired) electrons. The number of nitrogens with one attached hydrogen (secondary N) is 1. The molecule has 1 saturated heterocycles. The monoisotopic (exact) mass is 422 g/mol. The van der Waals surface area contributed by atoms with Crippen molar-refractivity contribution in [3.05, 3.63) is 70.4 Å². The summed E-state index contributed by atoms with van der Waals surface area (Å²) < 4.78 is 2.07. The second kappa shape index (κ2) is 8.83. The first-order chi connectivity index (χ1) is 14.5. The average molecular weight is 423 g/mol. The van der Waals surface area contributed by atoms with Gasteiger partial charge in [0.15, 0.2) is 0 Å². The molecule has 0 unspecified atom stereocenters. The fourth-order valence-electron chi connectivity index (χ4n) is 4.00. The van der Waals surface area contributed by atoms with Crippen molar-refractivity contribution < 1.29 is 9.59 Å². The van der Waals surface area contributed by atoms with E-state index in [9.17, 15) is 9.59 Å². The number of anilines is 1. The highest BCUT2D eigenvalue weighted by molar-refractivity contribution is 7.10. The highest BCUT2D eigenvalue weighted by atomic mass is 32.1. The lowest BCUT2D eigenvalue weighted by atomic mass is 9.97. The smallest absolute Gasteiger partial charge is 0.228 e. The molecular formula is C23H26N4O2S. The molecule has 156 valence electrons. The number of benzene rings is 1. The number of carbonyl (C=O) groups excluding carboxylic acids is 2. The zero-order chi connectivity index (χ0) is 21.1. The summed E-state index contributed by atoms with van der Waals surface area (Å²) in [6, 6.07) is 11.6. The van der Waals surface area contributed by atoms with Crippen molar-refractivity contribution in [1.29, 1.82) is 0 Å². The summed E-state index contributed by atoms with van der Waals surface area (Å²) in [5.74, 6) is 0.506. The van der Waals surface area contributed by atoms with Crippen LogP contribution in [0.1, 0.15) is 35.1 Å². The molecule has 2 atom stereocenters. The lowest BCUT2D eigenvalue weighted by Gasteiger charge is -2.27. The Balaban J connectivity index is 1.47. The third-order valence-corrected chi connectivity index (χ3v) is 6.55. The molecule has 1 fully saturated rings. The van der Waals surface area contributed by atoms with Crippen molar-refractivity contribution in [3.63, 3.8) is 0 Å². The first kappa shape index (κ1) is 20.3. The Labute approximate surface area is 180 Å². The number of aryl methyl sites for hydroxylation is 3. The molecule has 7 heteroatoms. The number of aromatic nitrogens is 2. The maximum Gasteiger partial charge on any atom is 0.228 e. The first-order valence-electron chi connectivity index (χ1n) is 10.2. The fraction of sp³-hybridized carbons (Fsp3) is 0.348. The van der Waals surface area contributed by atoms with Gasteiger partial charge in [0, 0.05) is 42.5 Å². The van der Waals surface area contributed by atoms with E-state index in [1.807, 2.05) is 61.8 Å². The van der Waals surface area contributed by atoms with Gasteiger partial charge in [0.1, 0.15) is 5.82 Å². The summed E-state index contributed by atoms with van der Waals surface area (Å²) in [7, 11) is 0. The maximum absolute atomic E-state index is 13.1. The van der Waals surface area contributed by atoms with E-state index in [1.165, 1.54) is 0 Å². The lowest BCUT2D eigenvalue weighted by Crippen LogP contribution is -2.36. The molecule has 2 amide bonds. The quantitative estimate of drug-likeness (QED) is 0.588. The van der Waals surface area contributed by atoms with Gasteiger partial charge in [-0.05, 0) is 43.8 Å². The van der Waals surface area contributed by atoms with E-state index in [1.54, 1.807) is 22.4 Å². The molecule has 1 aliphatic rings. The van der Waals surface area contributed by atoms with E-state index in [-0.39, 0.29) is 24.3 Å². The van der Waals surface area contributed by atoms with Crippen LogP contribution in [0.15, 0.2) is 54.2 Å². The van der Waals surface area contributed by atoms with Gasteiger partial charge in [-0.15, -0.1) is 11.3 Å². The molecule has 1 aliphatic heterocycles. The number of carbonyl (C=O) groups is 2. The third kappa shape index (κ3) is 4.16. The summed E-state index contributed by atoms with van der Waals surface area (Å²) in [5, 5.41) is 5.05. The predicted octanol–water partition coefficient (Wildman–Crippen LogP) is 3.86. The Bertz CT molecular complexity index is 1010. The number of hydrogen-bond donors (Lipinski definition) is 1. The van der Waals surface area contributed by atoms with Crippen LogP contribution in [0.5, 0.6) is 0 Å². The van der Waals surface area contributed by atoms with Crippen molar-refractivity contribution in [2.75, 3.05) is 11.4 Å². The van der Waals surface area contributed by atoms with Crippen LogP contribution in [-0.4, -0.2) is 27.9 Å². The third-order valence-electron chi connectivity index (χ3n) is 5.60. The minimum Gasteiger partial charge on any atom is -0.356 e. The molecule has 1 aromatic carbocycles. The Morgan fingerprint density at radius 1 is 1.23 bits per heavy atom. The molecule has 0 bridgehead atoms. The molecule has 4 rings (SSSR count). The van der Waals surface area contributed by atoms with Crippen LogP contribution in [0.25, 0.3) is 0 Å². The summed E-state index contributed by atoms with van der Waals surface area (Å²) in [4.78, 5) is 33.0. The standard InChI is InChI=1S/C23H26N4O2S/c1-16-6-8-18(9-7-16)27-21(28)15-19(22(27)20-5-3-14-30-20)23(29)25-10-4-12-26-13-11-24-17(26)2/h3,5-9,11,13-14,19,22H,4,10,12,15H2,1-2H3,(H,25,29)/t19-,22-/m0/s1. The van der Waals surface area contributed by atoms with Gasteiger partial charge >= 0.3 is 0 Å². The average Bonchev–Trinajstić information content (AvgIpc) is 3.46. The molecule has 1 N–H and O–H groups in total. The van der Waals surface area contributed by atoms with Crippen LogP contribution in [0.4, 0.5) is 5.69 Å². The second-order valence-electron chi connectivity index (χ2n) is 7.68. The van der Waals surface area contributed by atoms with Crippen molar-refractivity contribution in [3.8, 4) is 0 Å². The number of amides is 2. The number of rotatable bonds is 7. The predicted molar refractivity (Wildman–Crippen MR) is 118 cm³/mol. The molecule has 3 aromatic rings. The van der Waals surface area contributed by atoms with E-state index in [0.717, 1.165) is 34.9 Å². The highest BCUT2D eigenvalue weighted by Gasteiger charge is 2.45. The molecule has 0 spiro atoms. The number of imidazole rings is 1. The van der Waals surface area contributed by atoms with Crippen molar-refractivity contribution >= 4 is 28.8 Å². The van der Waals surface area contributed by atoms with Crippen LogP contribution in [0, 0.1) is 19.8 Å². The molecule has 2 aromatic heterocycles. The van der Waals surface area contributed by atoms with Crippen LogP contribution in [0.3, 0.4) is 0 Å². The van der Waals surface area contributed by atoms with Gasteiger partial charge in [-0.3, -0.25) is 9.59 Å². The first-order valence-corrected chi connectivity index (χ1v) is 11.1. The van der Waals surface area contributed by atoms with Gasteiger partial charge in [-0.1, -0.05) is 23.8 Å². The zero-order valence-corrected chi connectivity index (χ0v) is 18.1. The Morgan fingerprint density at radius 3 is 2.70 bits per heavy atom. The molecule has 0 saturated carbocycles. The van der Waals surface area contributed by atoms with Gasteiger partial charge in [0.05, 0.1) is 12.0 Å². The Kier molecular flexibility index (Phi) is 5.99. The minimum atomic E-state index is -0.396. The van der Waals surface area contributed by atoms with E-state index in [0.29, 0.717) is 6.54 Å². The largest absolute Gasteiger partial charge is 0.356 e. The van der Waals surface area contributed by atoms with E-state index in [4.69, 9.17) is 0 Å². The molecule has 3 heterocycles. The maximum atomic E-state index is 13.1. The summed E-state index contributed by atoms with van der Waals surface area (Å²) in [6.45, 7) is 5.37. The Hall–Kier alpha value is -2.93. The van der Waals surface area contributed by atoms with Gasteiger partial charge in [-0.25, -0.2) is 4.98 Å². The van der Waals surface area contributed by atoms with Gasteiger partial charge < -0.3 is 14.8 Å². The highest BCUT2D eigenvalue weighted by Crippen LogP contribution is 2.43. The molecule has 30 heavy (non-hydrogen) atoms. The minimum absolute atomic E-state index is 0.00792. The molecular weight excluding hydrogens is 396 g/mol. The van der Waals surface area contributed by atoms with Crippen LogP contribution >= 0.6 is 11.3 Å². The number of thiophene rings is 1. The lowest BCUT2D eigenvalue weighted by molar-refractivity contribution is -0.126. The Morgan fingerprint density at radius 2 is 2.03 bits per heavy atom. The summed E-state index contributed by atoms with van der Waals surface area (Å²) in [6.07, 6.45) is 4.76. The van der Waals surface area contributed by atoms with E-state index in [2.05, 4.69) is 14.9 Å². The van der Waals surface area contributed by atoms with E-state index < -0.39 is 5.92 Å². The summed E-state index contributed by atoms with van der Waals surface area (Å²) in [5.41, 5.74) is 1.98. The van der Waals surface area contributed by atoms with Crippen LogP contribution in [0.2, 0.25) is 0 Å². The van der Waals surface area contributed by atoms with Gasteiger partial charge in [0.2, 0.25) is 11.8 Å². The molecule has 0 aliphatic carbocycles. The fourth-order valence-corrected chi connectivity index (χ4v) is 4.88. The SMILES string of the molecule is Cc1ccc(N2C(=O)C[C@H](C(=O)NCCCn3ccnc3C)[C@H]2c2cccs2)cc1. The van der Waals surface area contributed by atoms with Crippen molar-refractivity contribution in [1.82, 2.24) is 14.9 Å². The number of nitrogens with zero attached hydrogens (tertiary/aromatic N) is 3. The topological polar surface area (TPSA) is 67.2 Å². The van der Waals surface area contributed by atoms with Gasteiger partial charge in [-0.2, -0.15) is 0 Å². The van der Waals surface area contributed by atoms with Crippen molar-refractivity contribution in [2.24, 2.45) is 5.92 Å². The second-order valence-corrected chi connectivity index (χ2v) is 8.66. The van der Waals surface area contributed by atoms with Crippen LogP contribution in [-0.2, 0) is 16.1 Å². The van der Waals surface area contributed by atoms with E-state index >= 15 is 0 Å². The zero-order valence-electron chi connectivity index (χ0n) is 17.2. The van der Waals surface area contributed by atoms with Crippen molar-refractivity contribution in [2.45, 2.75) is 39.3 Å². The molecule has 6 nitrogen and oxygen atoms in total. The number of hydrogen-bond acceptors (Lipinski definition) is 4.